The highest BCUT2D eigenvalue weighted by Crippen LogP contribution is 2.30. The second-order valence-electron chi connectivity index (χ2n) is 13.3. The Labute approximate surface area is 297 Å². The van der Waals surface area contributed by atoms with Crippen LogP contribution >= 0.6 is 23.5 Å². The molecule has 8 nitrogen and oxygen atoms in total. The summed E-state index contributed by atoms with van der Waals surface area (Å²) in [5.74, 6) is 0.866. The Balaban J connectivity index is 1.85. The minimum absolute atomic E-state index is 0.0808. The van der Waals surface area contributed by atoms with Gasteiger partial charge in [0.25, 0.3) is 0 Å². The van der Waals surface area contributed by atoms with Crippen molar-refractivity contribution in [1.82, 2.24) is 24.8 Å². The number of ether oxygens (including phenoxy) is 2. The van der Waals surface area contributed by atoms with Crippen molar-refractivity contribution >= 4 is 29.5 Å². The molecule has 0 aromatic carbocycles. The number of thioether (sulfide) groups is 2. The van der Waals surface area contributed by atoms with E-state index in [4.69, 9.17) is 24.4 Å². The number of esters is 1. The van der Waals surface area contributed by atoms with Crippen molar-refractivity contribution in [2.45, 2.75) is 165 Å². The van der Waals surface area contributed by atoms with E-state index in [1.807, 2.05) is 6.92 Å². The van der Waals surface area contributed by atoms with Gasteiger partial charge in [-0.25, -0.2) is 0 Å². The van der Waals surface area contributed by atoms with E-state index >= 15 is 0 Å². The zero-order valence-corrected chi connectivity index (χ0v) is 32.3. The molecule has 0 saturated carbocycles. The zero-order valence-electron chi connectivity index (χ0n) is 30.7. The fourth-order valence-corrected chi connectivity index (χ4v) is 7.70. The average Bonchev–Trinajstić information content (AvgIpc) is 3.06. The first-order chi connectivity index (χ1) is 23.0. The van der Waals surface area contributed by atoms with Crippen LogP contribution in [0.4, 0.5) is 0 Å². The number of carbonyl (C=O) groups excluding carboxylic acids is 1. The molecule has 0 amide bonds. The Morgan fingerprint density at radius 3 is 1.94 bits per heavy atom. The quantitative estimate of drug-likeness (QED) is 0.0441. The summed E-state index contributed by atoms with van der Waals surface area (Å²) in [4.78, 5) is 31.7. The van der Waals surface area contributed by atoms with Crippen LogP contribution in [0.3, 0.4) is 0 Å². The fraction of sp³-hybridized carbons (Fsp3) is 0.892. The van der Waals surface area contributed by atoms with E-state index in [2.05, 4.69) is 30.7 Å². The number of unbranched alkanes of at least 4 members (excludes halogenated alkanes) is 14. The van der Waals surface area contributed by atoms with Gasteiger partial charge in [0.15, 0.2) is 10.3 Å². The third-order valence-electron chi connectivity index (χ3n) is 8.76. The van der Waals surface area contributed by atoms with Crippen LogP contribution in [-0.2, 0) is 9.53 Å². The molecule has 1 fully saturated rings. The van der Waals surface area contributed by atoms with Crippen LogP contribution in [0.5, 0.6) is 6.01 Å². The molecule has 0 bridgehead atoms. The lowest BCUT2D eigenvalue weighted by Gasteiger charge is -2.32. The molecule has 2 heterocycles. The number of nitrogens with zero attached hydrogens (tertiary/aromatic N) is 5. The van der Waals surface area contributed by atoms with Crippen molar-refractivity contribution < 1.29 is 14.3 Å². The second-order valence-corrected chi connectivity index (χ2v) is 15.6. The number of rotatable bonds is 30. The highest BCUT2D eigenvalue weighted by Gasteiger charge is 2.20. The summed E-state index contributed by atoms with van der Waals surface area (Å²) in [7, 11) is 2.19. The Kier molecular flexibility index (Phi) is 25.7. The molecule has 272 valence electrons. The summed E-state index contributed by atoms with van der Waals surface area (Å²) in [6.45, 7) is 13.1. The van der Waals surface area contributed by atoms with Gasteiger partial charge in [-0.15, -0.1) is 0 Å². The first kappa shape index (κ1) is 42.1. The molecule has 0 N–H and O–H groups in total. The molecule has 1 saturated heterocycles. The van der Waals surface area contributed by atoms with Crippen molar-refractivity contribution in [2.75, 3.05) is 58.7 Å². The summed E-state index contributed by atoms with van der Waals surface area (Å²) in [5.41, 5.74) is 0. The lowest BCUT2D eigenvalue weighted by atomic mass is 10.1. The van der Waals surface area contributed by atoms with Crippen LogP contribution in [0, 0.1) is 0 Å². The number of likely N-dealkylation sites (N-methyl/N-ethyl adjacent to an activating group) is 1. The predicted molar refractivity (Wildman–Crippen MR) is 200 cm³/mol. The number of carbonyl (C=O) groups is 1. The molecule has 1 aliphatic rings. The van der Waals surface area contributed by atoms with E-state index in [0.717, 1.165) is 82.2 Å². The van der Waals surface area contributed by atoms with E-state index in [9.17, 15) is 4.79 Å². The molecule has 1 aromatic rings. The maximum absolute atomic E-state index is 12.5. The average molecular weight is 696 g/mol. The van der Waals surface area contributed by atoms with E-state index in [0.29, 0.717) is 30.8 Å². The molecular weight excluding hydrogens is 627 g/mol. The lowest BCUT2D eigenvalue weighted by molar-refractivity contribution is -0.143. The monoisotopic (exact) mass is 695 g/mol. The van der Waals surface area contributed by atoms with Crippen molar-refractivity contribution in [2.24, 2.45) is 0 Å². The van der Waals surface area contributed by atoms with Gasteiger partial charge in [0.2, 0.25) is 0 Å². The summed E-state index contributed by atoms with van der Waals surface area (Å²) in [6.07, 6.45) is 24.1. The van der Waals surface area contributed by atoms with Crippen LogP contribution in [0.1, 0.15) is 149 Å². The SMILES string of the molecule is CCCCCCCCCCCCCCCSc1nc(OCCCN2CCN(C)CC2)nc(SC(CCCCC)CC(=O)OCCC)n1. The van der Waals surface area contributed by atoms with Gasteiger partial charge in [-0.3, -0.25) is 4.79 Å². The summed E-state index contributed by atoms with van der Waals surface area (Å²) in [6, 6.07) is 0.412. The van der Waals surface area contributed by atoms with Crippen LogP contribution in [-0.4, -0.2) is 94.7 Å². The first-order valence-corrected chi connectivity index (χ1v) is 21.1. The van der Waals surface area contributed by atoms with Gasteiger partial charge in [0, 0.05) is 43.7 Å². The largest absolute Gasteiger partial charge is 0.466 e. The summed E-state index contributed by atoms with van der Waals surface area (Å²) in [5, 5.41) is 1.47. The second kappa shape index (κ2) is 28.7. The Morgan fingerprint density at radius 1 is 0.702 bits per heavy atom. The van der Waals surface area contributed by atoms with E-state index in [1.54, 1.807) is 23.5 Å². The smallest absolute Gasteiger partial charge is 0.321 e. The Hall–Kier alpha value is -1.10. The molecule has 1 aromatic heterocycles. The Morgan fingerprint density at radius 2 is 1.30 bits per heavy atom. The number of hydrogen-bond acceptors (Lipinski definition) is 10. The fourth-order valence-electron chi connectivity index (χ4n) is 5.74. The van der Waals surface area contributed by atoms with Crippen molar-refractivity contribution in [3.05, 3.63) is 0 Å². The molecule has 1 atom stereocenters. The predicted octanol–water partition coefficient (Wildman–Crippen LogP) is 9.46. The van der Waals surface area contributed by atoms with Crippen molar-refractivity contribution in [3.63, 3.8) is 0 Å². The number of piperazine rings is 1. The normalized spacial score (nSPS) is 14.8. The summed E-state index contributed by atoms with van der Waals surface area (Å²) >= 11 is 3.29. The lowest BCUT2D eigenvalue weighted by Crippen LogP contribution is -2.44. The molecule has 1 unspecified atom stereocenters. The minimum atomic E-state index is -0.132. The van der Waals surface area contributed by atoms with E-state index < -0.39 is 0 Å². The summed E-state index contributed by atoms with van der Waals surface area (Å²) < 4.78 is 11.5. The molecular formula is C37H69N5O3S2. The van der Waals surface area contributed by atoms with Gasteiger partial charge < -0.3 is 19.3 Å². The minimum Gasteiger partial charge on any atom is -0.466 e. The number of hydrogen-bond donors (Lipinski definition) is 0. The zero-order chi connectivity index (χ0) is 33.8. The third-order valence-corrected chi connectivity index (χ3v) is 10.8. The van der Waals surface area contributed by atoms with Gasteiger partial charge >= 0.3 is 12.0 Å². The molecule has 0 aliphatic carbocycles. The molecule has 2 rings (SSSR count). The van der Waals surface area contributed by atoms with Gasteiger partial charge in [-0.1, -0.05) is 141 Å². The van der Waals surface area contributed by atoms with Gasteiger partial charge in [-0.05, 0) is 32.7 Å². The van der Waals surface area contributed by atoms with E-state index in [-0.39, 0.29) is 11.2 Å². The molecule has 0 spiro atoms. The molecule has 10 heteroatoms. The molecule has 0 radical (unpaired) electrons. The van der Waals surface area contributed by atoms with Gasteiger partial charge in [0.05, 0.1) is 19.6 Å². The third kappa shape index (κ3) is 22.3. The molecule has 47 heavy (non-hydrogen) atoms. The van der Waals surface area contributed by atoms with Crippen LogP contribution in [0.15, 0.2) is 10.3 Å². The highest BCUT2D eigenvalue weighted by atomic mass is 32.2. The maximum Gasteiger partial charge on any atom is 0.321 e. The first-order valence-electron chi connectivity index (χ1n) is 19.3. The molecule has 1 aliphatic heterocycles. The van der Waals surface area contributed by atoms with Crippen molar-refractivity contribution in [3.8, 4) is 6.01 Å². The standard InChI is InChI=1S/C37H69N5O3S2/c1-5-8-10-11-12-13-14-15-16-17-18-19-21-31-46-36-38-35(45-30-22-24-42-27-25-41(4)26-28-42)39-37(40-36)47-33(23-20-9-6-2)32-34(43)44-29-7-3/h33H,5-32H2,1-4H3. The van der Waals surface area contributed by atoms with Crippen LogP contribution in [0.25, 0.3) is 0 Å². The highest BCUT2D eigenvalue weighted by molar-refractivity contribution is 8.00. The maximum atomic E-state index is 12.5. The Bertz CT molecular complexity index is 905. The van der Waals surface area contributed by atoms with E-state index in [1.165, 1.54) is 83.5 Å². The number of aromatic nitrogens is 3. The van der Waals surface area contributed by atoms with Crippen LogP contribution < -0.4 is 4.74 Å². The van der Waals surface area contributed by atoms with Crippen LogP contribution in [0.2, 0.25) is 0 Å². The van der Waals surface area contributed by atoms with Gasteiger partial charge in [0.1, 0.15) is 0 Å². The topological polar surface area (TPSA) is 80.7 Å². The van der Waals surface area contributed by atoms with Gasteiger partial charge in [-0.2, -0.15) is 15.0 Å². The van der Waals surface area contributed by atoms with Crippen molar-refractivity contribution in [1.29, 1.82) is 0 Å².